The van der Waals surface area contributed by atoms with E-state index in [1.54, 1.807) is 78.9 Å². The minimum absolute atomic E-state index is 0.119. The monoisotopic (exact) mass is 555 g/mol. The van der Waals surface area contributed by atoms with Gasteiger partial charge < -0.3 is 25.0 Å². The number of carbonyl (C=O) groups is 1. The minimum Gasteiger partial charge on any atom is -0.492 e. The molecule has 1 fully saturated rings. The second-order valence-corrected chi connectivity index (χ2v) is 11.0. The maximum absolute atomic E-state index is 14.3. The summed E-state index contributed by atoms with van der Waals surface area (Å²) in [5.74, 6) is 0.348. The van der Waals surface area contributed by atoms with Gasteiger partial charge in [-0.3, -0.25) is 4.79 Å². The van der Waals surface area contributed by atoms with Gasteiger partial charge in [0.25, 0.3) is 10.2 Å². The largest absolute Gasteiger partial charge is 0.492 e. The molecule has 3 N–H and O–H groups in total. The molecular weight excluding hydrogens is 522 g/mol. The summed E-state index contributed by atoms with van der Waals surface area (Å²) >= 11 is 0. The van der Waals surface area contributed by atoms with Crippen molar-refractivity contribution in [2.45, 2.75) is 30.8 Å². The van der Waals surface area contributed by atoms with Crippen molar-refractivity contribution in [2.24, 2.45) is 0 Å². The Bertz CT molecular complexity index is 1300. The highest BCUT2D eigenvalue weighted by atomic mass is 32.2. The number of hydrogen-bond donors (Lipinski definition) is 3. The molecule has 39 heavy (non-hydrogen) atoms. The molecule has 10 nitrogen and oxygen atoms in total. The topological polar surface area (TPSA) is 129 Å². The molecule has 0 aliphatic carbocycles. The van der Waals surface area contributed by atoms with Gasteiger partial charge in [-0.2, -0.15) is 17.0 Å². The van der Waals surface area contributed by atoms with Gasteiger partial charge in [-0.15, -0.1) is 0 Å². The molecule has 0 saturated carbocycles. The van der Waals surface area contributed by atoms with Crippen LogP contribution in [0.1, 0.15) is 5.56 Å². The maximum atomic E-state index is 14.3. The van der Waals surface area contributed by atoms with Crippen LogP contribution in [-0.2, 0) is 21.5 Å². The van der Waals surface area contributed by atoms with Crippen LogP contribution in [0.25, 0.3) is 0 Å². The normalized spacial score (nSPS) is 23.5. The van der Waals surface area contributed by atoms with Crippen LogP contribution in [0.4, 0.5) is 0 Å². The molecule has 1 aliphatic rings. The highest BCUT2D eigenvalue weighted by Gasteiger charge is 2.51. The van der Waals surface area contributed by atoms with Gasteiger partial charge in [0, 0.05) is 13.6 Å². The van der Waals surface area contributed by atoms with Gasteiger partial charge in [-0.25, -0.2) is 0 Å². The third kappa shape index (κ3) is 6.94. The van der Waals surface area contributed by atoms with E-state index >= 15 is 0 Å². The molecule has 0 radical (unpaired) electrons. The molecule has 0 spiro atoms. The van der Waals surface area contributed by atoms with Crippen molar-refractivity contribution in [3.05, 3.63) is 96.6 Å². The lowest BCUT2D eigenvalue weighted by atomic mass is 9.99. The Morgan fingerprint density at radius 1 is 0.769 bits per heavy atom. The summed E-state index contributed by atoms with van der Waals surface area (Å²) in [5.41, 5.74) is 0.659. The van der Waals surface area contributed by atoms with Crippen LogP contribution in [0.2, 0.25) is 0 Å². The van der Waals surface area contributed by atoms with Crippen LogP contribution in [-0.4, -0.2) is 84.2 Å². The molecule has 1 saturated heterocycles. The molecule has 0 aromatic heterocycles. The van der Waals surface area contributed by atoms with Crippen LogP contribution in [0.5, 0.6) is 11.5 Å². The van der Waals surface area contributed by atoms with Crippen molar-refractivity contribution in [2.75, 3.05) is 26.8 Å². The SMILES string of the molecule is CNC(=O)CN1C(COc2ccccc2)C(O)[C@H](O)[C@H](COc2ccccc2)N(Cc2ccccc2)S1(=O)=O. The van der Waals surface area contributed by atoms with Crippen LogP contribution >= 0.6 is 0 Å². The summed E-state index contributed by atoms with van der Waals surface area (Å²) in [7, 11) is -3.06. The number of ether oxygens (including phenoxy) is 2. The van der Waals surface area contributed by atoms with Crippen molar-refractivity contribution in [1.29, 1.82) is 0 Å². The highest BCUT2D eigenvalue weighted by Crippen LogP contribution is 2.30. The Morgan fingerprint density at radius 2 is 1.21 bits per heavy atom. The standard InChI is InChI=1S/C28H33N3O7S/c1-29-26(32)18-31-25(20-38-23-15-9-4-10-16-23)28(34)27(33)24(19-37-22-13-7-3-8-14-22)30(39(31,35)36)17-21-11-5-2-6-12-21/h2-16,24-25,27-28,33-34H,17-20H2,1H3,(H,29,32)/t24-,25?,27+,28?/m0/s1. The molecule has 0 bridgehead atoms. The lowest BCUT2D eigenvalue weighted by Gasteiger charge is -2.33. The van der Waals surface area contributed by atoms with Gasteiger partial charge in [0.2, 0.25) is 5.91 Å². The van der Waals surface area contributed by atoms with E-state index in [0.717, 1.165) is 8.61 Å². The molecule has 1 heterocycles. The average molecular weight is 556 g/mol. The number of likely N-dealkylation sites (N-methyl/N-ethyl adjacent to an activating group) is 1. The zero-order valence-electron chi connectivity index (χ0n) is 21.5. The van der Waals surface area contributed by atoms with Crippen molar-refractivity contribution < 1.29 is 32.9 Å². The number of hydrogen-bond acceptors (Lipinski definition) is 7. The summed E-state index contributed by atoms with van der Waals surface area (Å²) in [6.45, 7) is -1.24. The van der Waals surface area contributed by atoms with Crippen molar-refractivity contribution >= 4 is 16.1 Å². The fraction of sp³-hybridized carbons (Fsp3) is 0.321. The molecule has 208 valence electrons. The number of nitrogens with zero attached hydrogens (tertiary/aromatic N) is 2. The zero-order valence-corrected chi connectivity index (χ0v) is 22.4. The minimum atomic E-state index is -4.45. The van der Waals surface area contributed by atoms with E-state index in [1.165, 1.54) is 7.05 Å². The average Bonchev–Trinajstić information content (AvgIpc) is 3.01. The Hall–Kier alpha value is -3.48. The van der Waals surface area contributed by atoms with E-state index in [-0.39, 0.29) is 19.8 Å². The predicted octanol–water partition coefficient (Wildman–Crippen LogP) is 1.41. The van der Waals surface area contributed by atoms with Crippen LogP contribution in [0, 0.1) is 0 Å². The molecule has 1 aliphatic heterocycles. The van der Waals surface area contributed by atoms with E-state index in [9.17, 15) is 23.4 Å². The summed E-state index contributed by atoms with van der Waals surface area (Å²) in [6, 6.07) is 23.9. The molecule has 11 heteroatoms. The zero-order chi connectivity index (χ0) is 27.8. The van der Waals surface area contributed by atoms with Crippen molar-refractivity contribution in [3.63, 3.8) is 0 Å². The quantitative estimate of drug-likeness (QED) is 0.345. The number of aliphatic hydroxyl groups excluding tert-OH is 2. The summed E-state index contributed by atoms with van der Waals surface area (Å²) in [4.78, 5) is 12.5. The number of para-hydroxylation sites is 2. The number of benzene rings is 3. The number of nitrogens with one attached hydrogen (secondary N) is 1. The fourth-order valence-corrected chi connectivity index (χ4v) is 6.33. The molecule has 3 aromatic carbocycles. The van der Waals surface area contributed by atoms with Gasteiger partial charge in [-0.05, 0) is 29.8 Å². The van der Waals surface area contributed by atoms with Gasteiger partial charge in [0.1, 0.15) is 36.9 Å². The van der Waals surface area contributed by atoms with Gasteiger partial charge in [0.15, 0.2) is 0 Å². The molecule has 3 aromatic rings. The first kappa shape index (κ1) is 28.5. The van der Waals surface area contributed by atoms with Gasteiger partial charge in [-0.1, -0.05) is 66.7 Å². The first-order valence-electron chi connectivity index (χ1n) is 12.6. The van der Waals surface area contributed by atoms with E-state index < -0.39 is 47.0 Å². The molecule has 4 atom stereocenters. The van der Waals surface area contributed by atoms with Crippen LogP contribution in [0.15, 0.2) is 91.0 Å². The Kier molecular flexibility index (Phi) is 9.54. The van der Waals surface area contributed by atoms with Gasteiger partial charge >= 0.3 is 0 Å². The number of carbonyl (C=O) groups excluding carboxylic acids is 1. The lowest BCUT2D eigenvalue weighted by molar-refractivity contribution is -0.122. The summed E-state index contributed by atoms with van der Waals surface area (Å²) in [5, 5.41) is 25.3. The molecule has 4 rings (SSSR count). The predicted molar refractivity (Wildman–Crippen MR) is 145 cm³/mol. The number of aliphatic hydroxyl groups is 2. The highest BCUT2D eigenvalue weighted by molar-refractivity contribution is 7.86. The summed E-state index contributed by atoms with van der Waals surface area (Å²) < 4.78 is 42.2. The number of rotatable bonds is 10. The fourth-order valence-electron chi connectivity index (χ4n) is 4.41. The smallest absolute Gasteiger partial charge is 0.283 e. The second-order valence-electron chi connectivity index (χ2n) is 9.12. The first-order valence-corrected chi connectivity index (χ1v) is 14.0. The molecule has 2 unspecified atom stereocenters. The molecule has 1 amide bonds. The lowest BCUT2D eigenvalue weighted by Crippen LogP contribution is -2.55. The van der Waals surface area contributed by atoms with E-state index in [1.807, 2.05) is 12.1 Å². The van der Waals surface area contributed by atoms with Crippen molar-refractivity contribution in [3.8, 4) is 11.5 Å². The van der Waals surface area contributed by atoms with Gasteiger partial charge in [0.05, 0.1) is 18.6 Å². The van der Waals surface area contributed by atoms with Crippen molar-refractivity contribution in [1.82, 2.24) is 13.9 Å². The third-order valence-corrected chi connectivity index (χ3v) is 8.54. The first-order chi connectivity index (χ1) is 18.8. The van der Waals surface area contributed by atoms with Crippen LogP contribution in [0.3, 0.4) is 0 Å². The van der Waals surface area contributed by atoms with E-state index in [4.69, 9.17) is 9.47 Å². The Labute approximate surface area is 228 Å². The Balaban J connectivity index is 1.74. The number of amides is 1. The Morgan fingerprint density at radius 3 is 1.67 bits per heavy atom. The maximum Gasteiger partial charge on any atom is 0.283 e. The second kappa shape index (κ2) is 13.0. The van der Waals surface area contributed by atoms with E-state index in [0.29, 0.717) is 17.1 Å². The van der Waals surface area contributed by atoms with E-state index in [2.05, 4.69) is 5.32 Å². The van der Waals surface area contributed by atoms with Crippen LogP contribution < -0.4 is 14.8 Å². The summed E-state index contributed by atoms with van der Waals surface area (Å²) in [6.07, 6.45) is -3.16. The third-order valence-electron chi connectivity index (χ3n) is 6.56. The molecular formula is C28H33N3O7S.